The van der Waals surface area contributed by atoms with Gasteiger partial charge in [0.15, 0.2) is 0 Å². The van der Waals surface area contributed by atoms with E-state index >= 15 is 0 Å². The molecule has 0 radical (unpaired) electrons. The Morgan fingerprint density at radius 1 is 0.667 bits per heavy atom. The van der Waals surface area contributed by atoms with Gasteiger partial charge in [0, 0.05) is 42.1 Å². The van der Waals surface area contributed by atoms with Crippen LogP contribution < -0.4 is 0 Å². The first-order valence-electron chi connectivity index (χ1n) is 13.2. The van der Waals surface area contributed by atoms with Crippen molar-refractivity contribution in [1.29, 1.82) is 0 Å². The average molecular weight is 612 g/mol. The number of benzene rings is 2. The number of hydrogen-bond acceptors (Lipinski definition) is 3. The van der Waals surface area contributed by atoms with Crippen LogP contribution in [-0.2, 0) is 23.5 Å². The van der Waals surface area contributed by atoms with Gasteiger partial charge in [-0.3, -0.25) is 15.0 Å². The van der Waals surface area contributed by atoms with Crippen molar-refractivity contribution in [2.75, 3.05) is 0 Å². The molecule has 2 aromatic carbocycles. The molecule has 3 aromatic rings. The van der Waals surface area contributed by atoms with Gasteiger partial charge in [-0.05, 0) is 57.6 Å². The van der Waals surface area contributed by atoms with E-state index in [1.165, 1.54) is 27.8 Å². The monoisotopic (exact) mass is 610 g/mol. The fourth-order valence-corrected chi connectivity index (χ4v) is 4.17. The molecule has 6 heteroatoms. The summed E-state index contributed by atoms with van der Waals surface area (Å²) >= 11 is 0. The minimum atomic E-state index is 0. The molecule has 3 nitrogen and oxygen atoms in total. The summed E-state index contributed by atoms with van der Waals surface area (Å²) < 4.78 is 0. The summed E-state index contributed by atoms with van der Waals surface area (Å²) in [4.78, 5) is 13.3. The minimum absolute atomic E-state index is 0. The van der Waals surface area contributed by atoms with Crippen LogP contribution in [0.4, 0.5) is 11.4 Å². The molecule has 0 aliphatic heterocycles. The van der Waals surface area contributed by atoms with Crippen LogP contribution in [0.3, 0.4) is 0 Å². The minimum Gasteiger partial charge on any atom is -0.364 e. The van der Waals surface area contributed by atoms with Crippen LogP contribution in [0.5, 0.6) is 0 Å². The van der Waals surface area contributed by atoms with Crippen molar-refractivity contribution >= 4 is 48.6 Å². The van der Waals surface area contributed by atoms with Gasteiger partial charge in [0.1, 0.15) is 0 Å². The zero-order chi connectivity index (χ0) is 26.7. The Balaban J connectivity index is 0. The van der Waals surface area contributed by atoms with Gasteiger partial charge in [-0.1, -0.05) is 97.9 Å². The Labute approximate surface area is 260 Å². The Bertz CT molecular complexity index is 1090. The van der Waals surface area contributed by atoms with Gasteiger partial charge in [-0.15, -0.1) is 31.0 Å². The fourth-order valence-electron chi connectivity index (χ4n) is 4.17. The number of halogens is 2. The first-order chi connectivity index (χ1) is 17.2. The second-order valence-corrected chi connectivity index (χ2v) is 10.4. The molecule has 0 spiro atoms. The summed E-state index contributed by atoms with van der Waals surface area (Å²) in [6.45, 7) is 21.4. The molecular formula is C33H46Cl2FeN3-. The van der Waals surface area contributed by atoms with Crippen molar-refractivity contribution in [1.82, 2.24) is 4.98 Å². The van der Waals surface area contributed by atoms with Crippen LogP contribution in [-0.4, -0.2) is 17.4 Å². The topological polar surface area (TPSA) is 37.6 Å². The Hall–Kier alpha value is -2.10. The van der Waals surface area contributed by atoms with Crippen LogP contribution in [0.15, 0.2) is 70.9 Å². The summed E-state index contributed by atoms with van der Waals surface area (Å²) in [6.07, 6.45) is 8.14. The van der Waals surface area contributed by atoms with Gasteiger partial charge in [0.2, 0.25) is 0 Å². The van der Waals surface area contributed by atoms with Gasteiger partial charge in [0.05, 0.1) is 11.4 Å². The summed E-state index contributed by atoms with van der Waals surface area (Å²) in [7, 11) is 0. The molecular weight excluding hydrogens is 565 g/mol. The largest absolute Gasteiger partial charge is 0.364 e. The van der Waals surface area contributed by atoms with E-state index in [0.717, 1.165) is 17.8 Å². The molecule has 1 heterocycles. The standard InChI is InChI=1S/C19H24N2.C14H20N.2ClH.Fe/c1-14(2)17-8-5-9-18(15(3)4)19(17)21-12-10-16-7-6-11-20-13-16;1-6-15-14-12(10(2)3)8-7-9-13(14)11(4)5;;;/h5-9,11-15H,10H2,1-4H3;6-11H,1H2,2-5H3;2*1H;/q;-1;;;. The van der Waals surface area contributed by atoms with E-state index < -0.39 is 0 Å². The summed E-state index contributed by atoms with van der Waals surface area (Å²) in [5.74, 6) is 1.97. The zero-order valence-corrected chi connectivity index (χ0v) is 27.4. The second-order valence-electron chi connectivity index (χ2n) is 10.4. The first-order valence-corrected chi connectivity index (χ1v) is 13.2. The van der Waals surface area contributed by atoms with Crippen LogP contribution in [0.2, 0.25) is 0 Å². The molecule has 3 rings (SSSR count). The number of rotatable bonds is 8. The van der Waals surface area contributed by atoms with E-state index in [1.807, 2.05) is 18.5 Å². The predicted octanol–water partition coefficient (Wildman–Crippen LogP) is 10.6. The van der Waals surface area contributed by atoms with E-state index in [1.54, 1.807) is 12.4 Å². The predicted molar refractivity (Wildman–Crippen MR) is 173 cm³/mol. The van der Waals surface area contributed by atoms with Crippen molar-refractivity contribution in [2.24, 2.45) is 9.98 Å². The number of pyridine rings is 1. The molecule has 0 fully saturated rings. The number of aromatic nitrogens is 1. The Morgan fingerprint density at radius 3 is 1.41 bits per heavy atom. The number of para-hydroxylation sites is 2. The normalized spacial score (nSPS) is 10.9. The zero-order valence-electron chi connectivity index (χ0n) is 24.7. The number of hydrogen-bond donors (Lipinski definition) is 0. The molecule has 1 aromatic heterocycles. The van der Waals surface area contributed by atoms with Crippen LogP contribution in [0.25, 0.3) is 0 Å². The Kier molecular flexibility index (Phi) is 19.9. The Morgan fingerprint density at radius 2 is 1.08 bits per heavy atom. The third-order valence-corrected chi connectivity index (χ3v) is 6.18. The van der Waals surface area contributed by atoms with Crippen LogP contribution >= 0.6 is 24.8 Å². The van der Waals surface area contributed by atoms with Gasteiger partial charge in [-0.25, -0.2) is 0 Å². The fraction of sp³-hybridized carbons (Fsp3) is 0.394. The first kappa shape index (κ1) is 39.0. The molecule has 0 saturated heterocycles. The van der Waals surface area contributed by atoms with E-state index in [0.29, 0.717) is 23.7 Å². The quantitative estimate of drug-likeness (QED) is 0.142. The maximum atomic E-state index is 4.79. The number of aliphatic imine (C=N–C) groups is 2. The van der Waals surface area contributed by atoms with Crippen molar-refractivity contribution in [3.8, 4) is 0 Å². The maximum absolute atomic E-state index is 4.79. The third kappa shape index (κ3) is 11.9. The molecule has 0 N–H and O–H groups in total. The molecule has 0 aliphatic carbocycles. The van der Waals surface area contributed by atoms with Crippen molar-refractivity contribution in [2.45, 2.75) is 85.5 Å². The van der Waals surface area contributed by atoms with E-state index in [4.69, 9.17) is 4.99 Å². The molecule has 0 atom stereocenters. The van der Waals surface area contributed by atoms with E-state index in [9.17, 15) is 0 Å². The molecule has 39 heavy (non-hydrogen) atoms. The summed E-state index contributed by atoms with van der Waals surface area (Å²) in [6, 6.07) is 17.0. The van der Waals surface area contributed by atoms with E-state index in [-0.39, 0.29) is 41.9 Å². The van der Waals surface area contributed by atoms with Crippen molar-refractivity contribution < 1.29 is 17.1 Å². The van der Waals surface area contributed by atoms with Gasteiger partial charge < -0.3 is 6.92 Å². The SMILES string of the molecule is CC(C)c1cccc(C(C)C)c1N=CCc1cccnc1.Cl.Cl.[CH2-]C=Nc1c(C(C)C)cccc1C(C)C.[Fe]. The summed E-state index contributed by atoms with van der Waals surface area (Å²) in [5, 5.41) is 0. The smallest absolute Gasteiger partial charge is 0.0694 e. The number of nitrogens with zero attached hydrogens (tertiary/aromatic N) is 3. The molecule has 0 unspecified atom stereocenters. The molecule has 216 valence electrons. The van der Waals surface area contributed by atoms with Gasteiger partial charge >= 0.3 is 0 Å². The van der Waals surface area contributed by atoms with Crippen LogP contribution in [0, 0.1) is 6.92 Å². The molecule has 0 aliphatic rings. The molecule has 0 saturated carbocycles. The van der Waals surface area contributed by atoms with Gasteiger partial charge in [0.25, 0.3) is 0 Å². The summed E-state index contributed by atoms with van der Waals surface area (Å²) in [5.41, 5.74) is 8.70. The van der Waals surface area contributed by atoms with Gasteiger partial charge in [-0.2, -0.15) is 0 Å². The molecule has 0 amide bonds. The average Bonchev–Trinajstić information content (AvgIpc) is 2.85. The second kappa shape index (κ2) is 19.9. The van der Waals surface area contributed by atoms with Crippen molar-refractivity contribution in [3.63, 3.8) is 0 Å². The van der Waals surface area contributed by atoms with E-state index in [2.05, 4.69) is 115 Å². The maximum Gasteiger partial charge on any atom is 0.0694 e. The van der Waals surface area contributed by atoms with Crippen molar-refractivity contribution in [3.05, 3.63) is 95.7 Å². The van der Waals surface area contributed by atoms with Crippen LogP contribution in [0.1, 0.15) is 107 Å². The molecule has 0 bridgehead atoms. The third-order valence-electron chi connectivity index (χ3n) is 6.18.